The zero-order valence-electron chi connectivity index (χ0n) is 20.8. The molecule has 7 rings (SSSR count). The Hall–Kier alpha value is -3.41. The van der Waals surface area contributed by atoms with Gasteiger partial charge in [0.05, 0.1) is 19.3 Å². The third kappa shape index (κ3) is 4.07. The van der Waals surface area contributed by atoms with Crippen molar-refractivity contribution in [3.8, 4) is 11.1 Å². The van der Waals surface area contributed by atoms with Crippen molar-refractivity contribution in [2.45, 2.75) is 50.0 Å². The van der Waals surface area contributed by atoms with Crippen LogP contribution in [0.4, 0.5) is 4.79 Å². The number of piperidine rings is 1. The van der Waals surface area contributed by atoms with E-state index in [1.54, 1.807) is 0 Å². The SMILES string of the molecule is O=C(OCC1c2ccccc2-c2ccccc21)N1C2C=C(c3cccc(C4OCCO4)c3)CC1CCC2. The summed E-state index contributed by atoms with van der Waals surface area (Å²) in [5.74, 6) is 0.0786. The number of hydrogen-bond acceptors (Lipinski definition) is 4. The zero-order valence-corrected chi connectivity index (χ0v) is 20.8. The minimum absolute atomic E-state index is 0.0702. The van der Waals surface area contributed by atoms with Crippen LogP contribution in [0, 0.1) is 0 Å². The van der Waals surface area contributed by atoms with E-state index < -0.39 is 0 Å². The first-order valence-electron chi connectivity index (χ1n) is 13.4. The van der Waals surface area contributed by atoms with Gasteiger partial charge < -0.3 is 14.2 Å². The van der Waals surface area contributed by atoms with Crippen LogP contribution >= 0.6 is 0 Å². The van der Waals surface area contributed by atoms with E-state index in [0.29, 0.717) is 19.8 Å². The summed E-state index contributed by atoms with van der Waals surface area (Å²) in [6.45, 7) is 1.64. The van der Waals surface area contributed by atoms with Crippen molar-refractivity contribution in [3.05, 3.63) is 101 Å². The molecule has 1 aliphatic carbocycles. The standard InChI is InChI=1S/C32H31NO4/c34-32(37-20-30-28-13-3-1-11-26(28)27-12-2-4-14-29(27)30)33-24-9-6-10-25(33)19-23(18-24)21-7-5-8-22(17-21)31-35-15-16-36-31/h1-5,7-8,11-14,17-18,24-25,30-31H,6,9-10,15-16,19-20H2. The molecule has 188 valence electrons. The number of rotatable bonds is 4. The van der Waals surface area contributed by atoms with Crippen molar-refractivity contribution in [1.82, 2.24) is 4.90 Å². The van der Waals surface area contributed by atoms with Crippen LogP contribution < -0.4 is 0 Å². The molecule has 2 saturated heterocycles. The van der Waals surface area contributed by atoms with Gasteiger partial charge >= 0.3 is 6.09 Å². The Morgan fingerprint density at radius 2 is 1.62 bits per heavy atom. The van der Waals surface area contributed by atoms with Gasteiger partial charge in [0.1, 0.15) is 6.61 Å². The monoisotopic (exact) mass is 493 g/mol. The first kappa shape index (κ1) is 22.8. The molecule has 2 atom stereocenters. The van der Waals surface area contributed by atoms with Crippen molar-refractivity contribution in [3.63, 3.8) is 0 Å². The number of amides is 1. The summed E-state index contributed by atoms with van der Waals surface area (Å²) < 4.78 is 17.5. The number of nitrogens with zero attached hydrogens (tertiary/aromatic N) is 1. The molecule has 5 heteroatoms. The maximum absolute atomic E-state index is 13.5. The average molecular weight is 494 g/mol. The number of carbonyl (C=O) groups is 1. The van der Waals surface area contributed by atoms with Crippen molar-refractivity contribution in [2.24, 2.45) is 0 Å². The minimum Gasteiger partial charge on any atom is -0.448 e. The van der Waals surface area contributed by atoms with E-state index in [1.807, 2.05) is 4.90 Å². The topological polar surface area (TPSA) is 48.0 Å². The van der Waals surface area contributed by atoms with Crippen LogP contribution in [0.1, 0.15) is 60.1 Å². The average Bonchev–Trinajstić information content (AvgIpc) is 3.58. The maximum atomic E-state index is 13.5. The lowest BCUT2D eigenvalue weighted by Gasteiger charge is -2.44. The van der Waals surface area contributed by atoms with E-state index in [2.05, 4.69) is 78.9 Å². The molecule has 5 nitrogen and oxygen atoms in total. The van der Waals surface area contributed by atoms with Gasteiger partial charge in [-0.05, 0) is 65.1 Å². The Bertz CT molecular complexity index is 1310. The Balaban J connectivity index is 1.10. The van der Waals surface area contributed by atoms with E-state index in [4.69, 9.17) is 14.2 Å². The molecule has 2 fully saturated rings. The molecule has 3 aliphatic heterocycles. The van der Waals surface area contributed by atoms with Crippen LogP contribution in [0.25, 0.3) is 16.7 Å². The molecule has 0 radical (unpaired) electrons. The predicted octanol–water partition coefficient (Wildman–Crippen LogP) is 6.69. The summed E-state index contributed by atoms with van der Waals surface area (Å²) >= 11 is 0. The van der Waals surface area contributed by atoms with Gasteiger partial charge in [0.2, 0.25) is 0 Å². The largest absolute Gasteiger partial charge is 0.448 e. The lowest BCUT2D eigenvalue weighted by molar-refractivity contribution is -0.0441. The maximum Gasteiger partial charge on any atom is 0.410 e. The Morgan fingerprint density at radius 3 is 2.35 bits per heavy atom. The quantitative estimate of drug-likeness (QED) is 0.406. The third-order valence-corrected chi connectivity index (χ3v) is 8.34. The molecular weight excluding hydrogens is 462 g/mol. The zero-order chi connectivity index (χ0) is 24.8. The van der Waals surface area contributed by atoms with Crippen LogP contribution in [0.5, 0.6) is 0 Å². The summed E-state index contributed by atoms with van der Waals surface area (Å²) in [6, 6.07) is 25.6. The smallest absolute Gasteiger partial charge is 0.410 e. The molecule has 0 saturated carbocycles. The normalized spacial score (nSPS) is 22.9. The lowest BCUT2D eigenvalue weighted by atomic mass is 9.83. The molecule has 3 aromatic rings. The molecule has 4 aliphatic rings. The number of ether oxygens (including phenoxy) is 3. The second-order valence-electron chi connectivity index (χ2n) is 10.5. The van der Waals surface area contributed by atoms with Crippen molar-refractivity contribution < 1.29 is 19.0 Å². The Kier molecular flexibility index (Phi) is 5.83. The molecule has 2 unspecified atom stereocenters. The van der Waals surface area contributed by atoms with E-state index in [0.717, 1.165) is 31.2 Å². The van der Waals surface area contributed by atoms with E-state index in [1.165, 1.54) is 33.4 Å². The van der Waals surface area contributed by atoms with Gasteiger partial charge in [0, 0.05) is 17.5 Å². The summed E-state index contributed by atoms with van der Waals surface area (Å²) in [5.41, 5.74) is 8.53. The number of fused-ring (bicyclic) bond motifs is 5. The van der Waals surface area contributed by atoms with E-state index >= 15 is 0 Å². The first-order chi connectivity index (χ1) is 18.3. The molecule has 0 spiro atoms. The fourth-order valence-corrected chi connectivity index (χ4v) is 6.63. The van der Waals surface area contributed by atoms with Crippen molar-refractivity contribution in [2.75, 3.05) is 19.8 Å². The molecular formula is C32H31NO4. The molecule has 3 aromatic carbocycles. The van der Waals surface area contributed by atoms with Gasteiger partial charge in [-0.25, -0.2) is 4.79 Å². The summed E-state index contributed by atoms with van der Waals surface area (Å²) in [6.07, 6.45) is 5.78. The van der Waals surface area contributed by atoms with Crippen LogP contribution in [0.2, 0.25) is 0 Å². The number of benzene rings is 3. The second kappa shape index (κ2) is 9.47. The Labute approximate surface area is 217 Å². The molecule has 3 heterocycles. The summed E-state index contributed by atoms with van der Waals surface area (Å²) in [4.78, 5) is 15.5. The highest BCUT2D eigenvalue weighted by Crippen LogP contribution is 2.45. The molecule has 0 aromatic heterocycles. The Morgan fingerprint density at radius 1 is 0.892 bits per heavy atom. The van der Waals surface area contributed by atoms with Crippen molar-refractivity contribution in [1.29, 1.82) is 0 Å². The van der Waals surface area contributed by atoms with Gasteiger partial charge in [0.25, 0.3) is 0 Å². The van der Waals surface area contributed by atoms with E-state index in [9.17, 15) is 4.79 Å². The molecule has 2 bridgehead atoms. The van der Waals surface area contributed by atoms with Crippen LogP contribution in [0.15, 0.2) is 78.9 Å². The summed E-state index contributed by atoms with van der Waals surface area (Å²) in [7, 11) is 0. The lowest BCUT2D eigenvalue weighted by Crippen LogP contribution is -2.51. The van der Waals surface area contributed by atoms with Crippen LogP contribution in [0.3, 0.4) is 0 Å². The first-order valence-corrected chi connectivity index (χ1v) is 13.4. The van der Waals surface area contributed by atoms with Gasteiger partial charge in [-0.1, -0.05) is 72.8 Å². The predicted molar refractivity (Wildman–Crippen MR) is 142 cm³/mol. The fourth-order valence-electron chi connectivity index (χ4n) is 6.63. The molecule has 0 N–H and O–H groups in total. The van der Waals surface area contributed by atoms with E-state index in [-0.39, 0.29) is 30.4 Å². The highest BCUT2D eigenvalue weighted by molar-refractivity contribution is 5.79. The van der Waals surface area contributed by atoms with Gasteiger partial charge in [-0.3, -0.25) is 4.90 Å². The minimum atomic E-state index is -0.277. The van der Waals surface area contributed by atoms with Crippen molar-refractivity contribution >= 4 is 11.7 Å². The van der Waals surface area contributed by atoms with Crippen LogP contribution in [-0.2, 0) is 14.2 Å². The van der Waals surface area contributed by atoms with Gasteiger partial charge in [-0.2, -0.15) is 0 Å². The number of carbonyl (C=O) groups excluding carboxylic acids is 1. The fraction of sp³-hybridized carbons (Fsp3) is 0.344. The second-order valence-corrected chi connectivity index (χ2v) is 10.5. The van der Waals surface area contributed by atoms with Crippen LogP contribution in [-0.4, -0.2) is 42.9 Å². The highest BCUT2D eigenvalue weighted by atomic mass is 16.7. The summed E-state index contributed by atoms with van der Waals surface area (Å²) in [5, 5.41) is 0. The highest BCUT2D eigenvalue weighted by Gasteiger charge is 2.39. The van der Waals surface area contributed by atoms with Gasteiger partial charge in [-0.15, -0.1) is 0 Å². The third-order valence-electron chi connectivity index (χ3n) is 8.34. The molecule has 1 amide bonds. The van der Waals surface area contributed by atoms with Gasteiger partial charge in [0.15, 0.2) is 6.29 Å². The number of hydrogen-bond donors (Lipinski definition) is 0. The molecule has 37 heavy (non-hydrogen) atoms.